The predicted molar refractivity (Wildman–Crippen MR) is 69.9 cm³/mol. The second-order valence-corrected chi connectivity index (χ2v) is 4.51. The Kier molecular flexibility index (Phi) is 4.84. The lowest BCUT2D eigenvalue weighted by Gasteiger charge is -2.24. The number of hydrogen-bond acceptors (Lipinski definition) is 4. The molecular weight excluding hydrogens is 270 g/mol. The van der Waals surface area contributed by atoms with Gasteiger partial charge in [0.25, 0.3) is 11.6 Å². The molecule has 1 aromatic rings. The van der Waals surface area contributed by atoms with Crippen LogP contribution in [0.3, 0.4) is 0 Å². The fourth-order valence-corrected chi connectivity index (χ4v) is 1.71. The van der Waals surface area contributed by atoms with Gasteiger partial charge in [0.15, 0.2) is 0 Å². The molecule has 100 valence electrons. The summed E-state index contributed by atoms with van der Waals surface area (Å²) in [7, 11) is 0. The zero-order chi connectivity index (χ0) is 14.6. The van der Waals surface area contributed by atoms with Gasteiger partial charge in [-0.3, -0.25) is 14.9 Å². The number of rotatable bonds is 4. The number of halogens is 1. The summed E-state index contributed by atoms with van der Waals surface area (Å²) >= 11 is 5.89. The van der Waals surface area contributed by atoms with Crippen molar-refractivity contribution in [2.45, 2.75) is 19.9 Å². The van der Waals surface area contributed by atoms with E-state index in [-0.39, 0.29) is 28.9 Å². The van der Waals surface area contributed by atoms with E-state index < -0.39 is 10.8 Å². The molecule has 0 saturated heterocycles. The highest BCUT2D eigenvalue weighted by atomic mass is 35.5. The molecule has 19 heavy (non-hydrogen) atoms. The summed E-state index contributed by atoms with van der Waals surface area (Å²) < 4.78 is 0. The summed E-state index contributed by atoms with van der Waals surface area (Å²) in [5, 5.41) is 19.5. The summed E-state index contributed by atoms with van der Waals surface area (Å²) in [6.45, 7) is 3.40. The van der Waals surface area contributed by atoms with Crippen LogP contribution in [0, 0.1) is 21.4 Å². The van der Waals surface area contributed by atoms with E-state index in [1.165, 1.54) is 17.0 Å². The van der Waals surface area contributed by atoms with Gasteiger partial charge in [-0.1, -0.05) is 11.6 Å². The number of amides is 1. The standard InChI is InChI=1S/C12H12ClN3O3/c1-8(2)15(6-5-14)12(17)10-7-9(16(18)19)3-4-11(10)13/h3-4,7-8H,6H2,1-2H3. The minimum Gasteiger partial charge on any atom is -0.323 e. The third-order valence-electron chi connectivity index (χ3n) is 2.52. The van der Waals surface area contributed by atoms with Crippen molar-refractivity contribution in [1.29, 1.82) is 5.26 Å². The zero-order valence-corrected chi connectivity index (χ0v) is 11.2. The molecule has 0 aliphatic carbocycles. The summed E-state index contributed by atoms with van der Waals surface area (Å²) in [5.41, 5.74) is -0.187. The van der Waals surface area contributed by atoms with E-state index in [4.69, 9.17) is 16.9 Å². The molecule has 1 amide bonds. The number of nitro benzene ring substituents is 1. The van der Waals surface area contributed by atoms with Gasteiger partial charge in [-0.25, -0.2) is 0 Å². The third kappa shape index (κ3) is 3.42. The highest BCUT2D eigenvalue weighted by Crippen LogP contribution is 2.24. The van der Waals surface area contributed by atoms with Crippen LogP contribution in [0.4, 0.5) is 5.69 Å². The number of nitrogens with zero attached hydrogens (tertiary/aromatic N) is 3. The molecule has 1 rings (SSSR count). The molecule has 0 bridgehead atoms. The zero-order valence-electron chi connectivity index (χ0n) is 10.5. The van der Waals surface area contributed by atoms with Crippen LogP contribution in [0.1, 0.15) is 24.2 Å². The van der Waals surface area contributed by atoms with Crippen molar-refractivity contribution in [1.82, 2.24) is 4.90 Å². The summed E-state index contributed by atoms with van der Waals surface area (Å²) in [5.74, 6) is -0.495. The van der Waals surface area contributed by atoms with Crippen LogP contribution in [0.2, 0.25) is 5.02 Å². The van der Waals surface area contributed by atoms with Gasteiger partial charge in [0, 0.05) is 18.2 Å². The molecule has 0 fully saturated rings. The largest absolute Gasteiger partial charge is 0.323 e. The first-order valence-corrected chi connectivity index (χ1v) is 5.88. The normalized spacial score (nSPS) is 10.1. The highest BCUT2D eigenvalue weighted by molar-refractivity contribution is 6.33. The predicted octanol–water partition coefficient (Wildman–Crippen LogP) is 2.62. The minimum absolute atomic E-state index is 0.0276. The van der Waals surface area contributed by atoms with E-state index in [1.54, 1.807) is 13.8 Å². The van der Waals surface area contributed by atoms with Crippen LogP contribution in [-0.4, -0.2) is 28.3 Å². The lowest BCUT2D eigenvalue weighted by atomic mass is 10.1. The highest BCUT2D eigenvalue weighted by Gasteiger charge is 2.22. The molecule has 0 atom stereocenters. The van der Waals surface area contributed by atoms with E-state index in [2.05, 4.69) is 0 Å². The van der Waals surface area contributed by atoms with Gasteiger partial charge in [-0.05, 0) is 19.9 Å². The van der Waals surface area contributed by atoms with E-state index in [1.807, 2.05) is 6.07 Å². The first-order chi connectivity index (χ1) is 8.88. The van der Waals surface area contributed by atoms with Crippen molar-refractivity contribution in [3.63, 3.8) is 0 Å². The minimum atomic E-state index is -0.600. The number of carbonyl (C=O) groups excluding carboxylic acids is 1. The molecule has 0 spiro atoms. The second-order valence-electron chi connectivity index (χ2n) is 4.11. The average Bonchev–Trinajstić information content (AvgIpc) is 2.35. The lowest BCUT2D eigenvalue weighted by molar-refractivity contribution is -0.384. The molecule has 0 aromatic heterocycles. The fraction of sp³-hybridized carbons (Fsp3) is 0.333. The molecule has 0 N–H and O–H groups in total. The van der Waals surface area contributed by atoms with E-state index in [0.29, 0.717) is 0 Å². The maximum atomic E-state index is 12.2. The Labute approximate surface area is 115 Å². The second kappa shape index (κ2) is 6.16. The van der Waals surface area contributed by atoms with Crippen molar-refractivity contribution < 1.29 is 9.72 Å². The molecule has 0 aliphatic rings. The quantitative estimate of drug-likeness (QED) is 0.482. The molecule has 0 radical (unpaired) electrons. The Morgan fingerprint density at radius 2 is 2.21 bits per heavy atom. The number of non-ortho nitro benzene ring substituents is 1. The number of benzene rings is 1. The van der Waals surface area contributed by atoms with E-state index in [9.17, 15) is 14.9 Å². The third-order valence-corrected chi connectivity index (χ3v) is 2.85. The van der Waals surface area contributed by atoms with Crippen molar-refractivity contribution in [3.8, 4) is 6.07 Å². The summed E-state index contributed by atoms with van der Waals surface area (Å²) in [6.07, 6.45) is 0. The van der Waals surface area contributed by atoms with Gasteiger partial charge in [-0.15, -0.1) is 0 Å². The van der Waals surface area contributed by atoms with Gasteiger partial charge < -0.3 is 4.90 Å². The van der Waals surface area contributed by atoms with Gasteiger partial charge >= 0.3 is 0 Å². The van der Waals surface area contributed by atoms with E-state index in [0.717, 1.165) is 6.07 Å². The van der Waals surface area contributed by atoms with Gasteiger partial charge in [0.2, 0.25) is 0 Å². The number of hydrogen-bond donors (Lipinski definition) is 0. The lowest BCUT2D eigenvalue weighted by Crippen LogP contribution is -2.37. The SMILES string of the molecule is CC(C)N(CC#N)C(=O)c1cc([N+](=O)[O-])ccc1Cl. The topological polar surface area (TPSA) is 87.2 Å². The number of nitro groups is 1. The van der Waals surface area contributed by atoms with Crippen LogP contribution in [-0.2, 0) is 0 Å². The Bertz CT molecular complexity index is 552. The van der Waals surface area contributed by atoms with Crippen molar-refractivity contribution in [2.75, 3.05) is 6.54 Å². The van der Waals surface area contributed by atoms with Crippen LogP contribution >= 0.6 is 11.6 Å². The Morgan fingerprint density at radius 3 is 2.68 bits per heavy atom. The molecule has 1 aromatic carbocycles. The van der Waals surface area contributed by atoms with Crippen molar-refractivity contribution >= 4 is 23.2 Å². The Balaban J connectivity index is 3.21. The van der Waals surface area contributed by atoms with Gasteiger partial charge in [0.1, 0.15) is 6.54 Å². The van der Waals surface area contributed by atoms with Crippen molar-refractivity contribution in [2.24, 2.45) is 0 Å². The van der Waals surface area contributed by atoms with Crippen LogP contribution in [0.5, 0.6) is 0 Å². The molecule has 7 heteroatoms. The number of nitriles is 1. The van der Waals surface area contributed by atoms with Gasteiger partial charge in [0.05, 0.1) is 21.6 Å². The molecule has 0 heterocycles. The van der Waals surface area contributed by atoms with Gasteiger partial charge in [-0.2, -0.15) is 5.26 Å². The first-order valence-electron chi connectivity index (χ1n) is 5.50. The summed E-state index contributed by atoms with van der Waals surface area (Å²) in [6, 6.07) is 5.33. The van der Waals surface area contributed by atoms with Crippen molar-refractivity contribution in [3.05, 3.63) is 38.9 Å². The molecule has 0 aliphatic heterocycles. The molecule has 6 nitrogen and oxygen atoms in total. The maximum Gasteiger partial charge on any atom is 0.270 e. The molecule has 0 saturated carbocycles. The van der Waals surface area contributed by atoms with Crippen LogP contribution in [0.15, 0.2) is 18.2 Å². The average molecular weight is 282 g/mol. The maximum absolute atomic E-state index is 12.2. The van der Waals surface area contributed by atoms with Crippen LogP contribution in [0.25, 0.3) is 0 Å². The molecular formula is C12H12ClN3O3. The summed E-state index contributed by atoms with van der Waals surface area (Å²) in [4.78, 5) is 23.6. The smallest absolute Gasteiger partial charge is 0.270 e. The fourth-order valence-electron chi connectivity index (χ4n) is 1.51. The Hall–Kier alpha value is -2.13. The first kappa shape index (κ1) is 14.9. The monoisotopic (exact) mass is 281 g/mol. The number of carbonyl (C=O) groups is 1. The molecule has 0 unspecified atom stereocenters. The Morgan fingerprint density at radius 1 is 1.58 bits per heavy atom. The van der Waals surface area contributed by atoms with E-state index >= 15 is 0 Å². The van der Waals surface area contributed by atoms with Crippen LogP contribution < -0.4 is 0 Å².